The Kier molecular flexibility index (Phi) is 2.86. The highest BCUT2D eigenvalue weighted by Gasteiger charge is 2.06. The molecule has 11 heavy (non-hydrogen) atoms. The third-order valence-corrected chi connectivity index (χ3v) is 1.42. The van der Waals surface area contributed by atoms with Crippen molar-refractivity contribution in [3.63, 3.8) is 0 Å². The molecule has 1 atom stereocenters. The topological polar surface area (TPSA) is 39.2 Å². The van der Waals surface area contributed by atoms with E-state index in [0.29, 0.717) is 12.2 Å². The predicted octanol–water partition coefficient (Wildman–Crippen LogP) is 1.49. The molecule has 0 saturated heterocycles. The number of nitrogens with zero attached hydrogens (tertiary/aromatic N) is 1. The van der Waals surface area contributed by atoms with Gasteiger partial charge in [-0.05, 0) is 12.1 Å². The lowest BCUT2D eigenvalue weighted by Gasteiger charge is -2.04. The van der Waals surface area contributed by atoms with Gasteiger partial charge in [0, 0.05) is 6.20 Å². The van der Waals surface area contributed by atoms with Crippen LogP contribution in [-0.2, 0) is 9.53 Å². The summed E-state index contributed by atoms with van der Waals surface area (Å²) in [5.74, 6) is 0. The zero-order valence-electron chi connectivity index (χ0n) is 5.61. The molecule has 1 rings (SSSR count). The second-order valence-corrected chi connectivity index (χ2v) is 2.20. The van der Waals surface area contributed by atoms with E-state index < -0.39 is 5.56 Å². The molecule has 3 nitrogen and oxygen atoms in total. The van der Waals surface area contributed by atoms with Crippen molar-refractivity contribution < 1.29 is 9.53 Å². The maximum atomic E-state index is 9.85. The number of rotatable bonds is 3. The average Bonchev–Trinajstić information content (AvgIpc) is 2.07. The van der Waals surface area contributed by atoms with E-state index >= 15 is 0 Å². The van der Waals surface area contributed by atoms with Crippen molar-refractivity contribution >= 4 is 18.1 Å². The molecule has 0 radical (unpaired) electrons. The molecule has 0 aromatic carbocycles. The van der Waals surface area contributed by atoms with Gasteiger partial charge in [0.2, 0.25) is 5.56 Å². The minimum absolute atomic E-state index is 0.298. The Morgan fingerprint density at radius 3 is 3.00 bits per heavy atom. The van der Waals surface area contributed by atoms with E-state index in [1.54, 1.807) is 24.4 Å². The molecule has 1 aromatic rings. The van der Waals surface area contributed by atoms with Gasteiger partial charge in [0.05, 0.1) is 5.69 Å². The van der Waals surface area contributed by atoms with Gasteiger partial charge in [-0.15, -0.1) is 0 Å². The second kappa shape index (κ2) is 3.93. The van der Waals surface area contributed by atoms with Crippen LogP contribution in [0.15, 0.2) is 24.4 Å². The highest BCUT2D eigenvalue weighted by molar-refractivity contribution is 6.20. The van der Waals surface area contributed by atoms with Gasteiger partial charge in [0.15, 0.2) is 0 Å². The van der Waals surface area contributed by atoms with E-state index in [2.05, 4.69) is 9.72 Å². The SMILES string of the molecule is O=COC(Cl)c1ccccn1. The molecule has 0 bridgehead atoms. The van der Waals surface area contributed by atoms with Crippen LogP contribution in [0.3, 0.4) is 0 Å². The molecule has 0 fully saturated rings. The van der Waals surface area contributed by atoms with Gasteiger partial charge in [-0.2, -0.15) is 0 Å². The smallest absolute Gasteiger partial charge is 0.294 e. The number of halogens is 1. The first-order chi connectivity index (χ1) is 5.34. The monoisotopic (exact) mass is 171 g/mol. The maximum absolute atomic E-state index is 9.85. The van der Waals surface area contributed by atoms with E-state index in [4.69, 9.17) is 11.6 Å². The highest BCUT2D eigenvalue weighted by atomic mass is 35.5. The number of pyridine rings is 1. The van der Waals surface area contributed by atoms with E-state index in [-0.39, 0.29) is 0 Å². The van der Waals surface area contributed by atoms with Crippen molar-refractivity contribution in [2.75, 3.05) is 0 Å². The molecule has 0 aliphatic heterocycles. The van der Waals surface area contributed by atoms with E-state index in [1.807, 2.05) is 0 Å². The average molecular weight is 172 g/mol. The summed E-state index contributed by atoms with van der Waals surface area (Å²) in [6.45, 7) is 0.298. The number of ether oxygens (including phenoxy) is 1. The van der Waals surface area contributed by atoms with Crippen LogP contribution in [0.4, 0.5) is 0 Å². The number of carbonyl (C=O) groups excluding carboxylic acids is 1. The number of aromatic nitrogens is 1. The molecule has 1 unspecified atom stereocenters. The second-order valence-electron chi connectivity index (χ2n) is 1.80. The van der Waals surface area contributed by atoms with Crippen LogP contribution < -0.4 is 0 Å². The third kappa shape index (κ3) is 2.20. The van der Waals surface area contributed by atoms with Gasteiger partial charge in [-0.25, -0.2) is 0 Å². The van der Waals surface area contributed by atoms with Crippen LogP contribution in [0.1, 0.15) is 11.3 Å². The Morgan fingerprint density at radius 2 is 2.45 bits per heavy atom. The molecule has 4 heteroatoms. The lowest BCUT2D eigenvalue weighted by Crippen LogP contribution is -1.97. The van der Waals surface area contributed by atoms with Crippen LogP contribution in [0, 0.1) is 0 Å². The van der Waals surface area contributed by atoms with Crippen molar-refractivity contribution in [1.29, 1.82) is 0 Å². The van der Waals surface area contributed by atoms with E-state index in [1.165, 1.54) is 0 Å². The van der Waals surface area contributed by atoms with Crippen LogP contribution >= 0.6 is 11.6 Å². The number of hydrogen-bond donors (Lipinski definition) is 0. The molecule has 0 aliphatic rings. The summed E-state index contributed by atoms with van der Waals surface area (Å²) < 4.78 is 4.45. The molecule has 0 amide bonds. The van der Waals surface area contributed by atoms with Crippen LogP contribution in [0.5, 0.6) is 0 Å². The quantitative estimate of drug-likeness (QED) is 0.511. The lowest BCUT2D eigenvalue weighted by molar-refractivity contribution is -0.130. The summed E-state index contributed by atoms with van der Waals surface area (Å²) in [4.78, 5) is 13.7. The number of hydrogen-bond acceptors (Lipinski definition) is 3. The van der Waals surface area contributed by atoms with Crippen molar-refractivity contribution in [1.82, 2.24) is 4.98 Å². The normalized spacial score (nSPS) is 12.1. The first-order valence-electron chi connectivity index (χ1n) is 2.98. The van der Waals surface area contributed by atoms with Gasteiger partial charge in [-0.1, -0.05) is 17.7 Å². The lowest BCUT2D eigenvalue weighted by atomic mass is 10.4. The highest BCUT2D eigenvalue weighted by Crippen LogP contribution is 2.17. The Morgan fingerprint density at radius 1 is 1.64 bits per heavy atom. The van der Waals surface area contributed by atoms with Crippen LogP contribution in [-0.4, -0.2) is 11.5 Å². The van der Waals surface area contributed by atoms with Gasteiger partial charge in [0.25, 0.3) is 6.47 Å². The van der Waals surface area contributed by atoms with Crippen molar-refractivity contribution in [2.24, 2.45) is 0 Å². The fourth-order valence-electron chi connectivity index (χ4n) is 0.629. The fraction of sp³-hybridized carbons (Fsp3) is 0.143. The van der Waals surface area contributed by atoms with Gasteiger partial charge < -0.3 is 4.74 Å². The van der Waals surface area contributed by atoms with E-state index in [9.17, 15) is 4.79 Å². The van der Waals surface area contributed by atoms with Crippen LogP contribution in [0.2, 0.25) is 0 Å². The van der Waals surface area contributed by atoms with E-state index in [0.717, 1.165) is 0 Å². The molecule has 1 heterocycles. The van der Waals surface area contributed by atoms with Gasteiger partial charge in [0.1, 0.15) is 0 Å². The summed E-state index contributed by atoms with van der Waals surface area (Å²) in [5, 5.41) is 0. The Bertz CT molecular complexity index is 227. The first kappa shape index (κ1) is 8.01. The van der Waals surface area contributed by atoms with Crippen molar-refractivity contribution in [3.05, 3.63) is 30.1 Å². The third-order valence-electron chi connectivity index (χ3n) is 1.10. The molecular weight excluding hydrogens is 166 g/mol. The molecular formula is C7H6ClNO2. The fourth-order valence-corrected chi connectivity index (χ4v) is 0.800. The molecule has 0 saturated carbocycles. The molecule has 0 N–H and O–H groups in total. The largest absolute Gasteiger partial charge is 0.442 e. The minimum Gasteiger partial charge on any atom is -0.442 e. The van der Waals surface area contributed by atoms with Gasteiger partial charge >= 0.3 is 0 Å². The Labute approximate surface area is 69.0 Å². The summed E-state index contributed by atoms with van der Waals surface area (Å²) in [6, 6.07) is 5.21. The predicted molar refractivity (Wildman–Crippen MR) is 40.0 cm³/mol. The Balaban J connectivity index is 2.68. The first-order valence-corrected chi connectivity index (χ1v) is 3.42. The molecule has 1 aromatic heterocycles. The molecule has 0 spiro atoms. The Hall–Kier alpha value is -1.09. The zero-order chi connectivity index (χ0) is 8.10. The maximum Gasteiger partial charge on any atom is 0.294 e. The summed E-state index contributed by atoms with van der Waals surface area (Å²) in [5.41, 5.74) is -0.255. The zero-order valence-corrected chi connectivity index (χ0v) is 6.36. The standard InChI is InChI=1S/C7H6ClNO2/c8-7(11-5-10)6-3-1-2-4-9-6/h1-5,7H. The van der Waals surface area contributed by atoms with Crippen molar-refractivity contribution in [2.45, 2.75) is 5.56 Å². The summed E-state index contributed by atoms with van der Waals surface area (Å²) in [6.07, 6.45) is 1.58. The van der Waals surface area contributed by atoms with Gasteiger partial charge in [-0.3, -0.25) is 9.78 Å². The minimum atomic E-state index is -0.784. The number of alkyl halides is 1. The van der Waals surface area contributed by atoms with Crippen LogP contribution in [0.25, 0.3) is 0 Å². The number of carbonyl (C=O) groups is 1. The van der Waals surface area contributed by atoms with Crippen molar-refractivity contribution in [3.8, 4) is 0 Å². The molecule has 58 valence electrons. The molecule has 0 aliphatic carbocycles. The summed E-state index contributed by atoms with van der Waals surface area (Å²) in [7, 11) is 0. The summed E-state index contributed by atoms with van der Waals surface area (Å²) >= 11 is 5.59.